The minimum absolute atomic E-state index is 0.335. The molecule has 76 valence electrons. The minimum Gasteiger partial charge on any atom is -0.343 e. The third-order valence-electron chi connectivity index (χ3n) is 2.76. The zero-order valence-electron chi connectivity index (χ0n) is 8.72. The van der Waals surface area contributed by atoms with Crippen LogP contribution in [0.2, 0.25) is 0 Å². The van der Waals surface area contributed by atoms with Crippen LogP contribution in [0.4, 0.5) is 0 Å². The standard InChI is InChI=1S/C11H21NO/c1-2-11(13)12-9-7-5-3-4-6-8-10-12/h2-10H2,1H3. The van der Waals surface area contributed by atoms with Gasteiger partial charge in [-0.15, -0.1) is 0 Å². The van der Waals surface area contributed by atoms with Crippen molar-refractivity contribution in [2.24, 2.45) is 0 Å². The van der Waals surface area contributed by atoms with Gasteiger partial charge in [0.25, 0.3) is 0 Å². The Morgan fingerprint density at radius 1 is 1.00 bits per heavy atom. The fourth-order valence-electron chi connectivity index (χ4n) is 1.90. The van der Waals surface area contributed by atoms with Crippen molar-refractivity contribution in [2.75, 3.05) is 13.1 Å². The summed E-state index contributed by atoms with van der Waals surface area (Å²) in [5, 5.41) is 0. The highest BCUT2D eigenvalue weighted by atomic mass is 16.2. The van der Waals surface area contributed by atoms with Gasteiger partial charge in [0, 0.05) is 19.5 Å². The number of rotatable bonds is 1. The maximum atomic E-state index is 11.5. The van der Waals surface area contributed by atoms with Gasteiger partial charge in [-0.2, -0.15) is 0 Å². The highest BCUT2D eigenvalue weighted by Gasteiger charge is 2.11. The average Bonchev–Trinajstić information content (AvgIpc) is 2.29. The highest BCUT2D eigenvalue weighted by Crippen LogP contribution is 2.11. The largest absolute Gasteiger partial charge is 0.343 e. The van der Waals surface area contributed by atoms with E-state index in [-0.39, 0.29) is 0 Å². The molecule has 0 aliphatic carbocycles. The molecule has 0 atom stereocenters. The molecule has 0 spiro atoms. The molecular formula is C11H21NO. The molecule has 0 unspecified atom stereocenters. The highest BCUT2D eigenvalue weighted by molar-refractivity contribution is 5.75. The second kappa shape index (κ2) is 6.01. The maximum Gasteiger partial charge on any atom is 0.222 e. The zero-order valence-corrected chi connectivity index (χ0v) is 8.72. The quantitative estimate of drug-likeness (QED) is 0.612. The lowest BCUT2D eigenvalue weighted by Crippen LogP contribution is -2.32. The zero-order chi connectivity index (χ0) is 9.52. The van der Waals surface area contributed by atoms with E-state index in [1.54, 1.807) is 0 Å². The van der Waals surface area contributed by atoms with E-state index in [0.29, 0.717) is 12.3 Å². The Balaban J connectivity index is 2.36. The topological polar surface area (TPSA) is 20.3 Å². The van der Waals surface area contributed by atoms with E-state index in [0.717, 1.165) is 13.1 Å². The fourth-order valence-corrected chi connectivity index (χ4v) is 1.90. The second-order valence-electron chi connectivity index (χ2n) is 3.86. The Morgan fingerprint density at radius 3 is 1.92 bits per heavy atom. The number of nitrogens with zero attached hydrogens (tertiary/aromatic N) is 1. The Bertz CT molecular complexity index is 146. The monoisotopic (exact) mass is 183 g/mol. The number of hydrogen-bond acceptors (Lipinski definition) is 1. The molecule has 0 saturated carbocycles. The summed E-state index contributed by atoms with van der Waals surface area (Å²) in [5.41, 5.74) is 0. The van der Waals surface area contributed by atoms with Crippen molar-refractivity contribution in [3.8, 4) is 0 Å². The van der Waals surface area contributed by atoms with Crippen molar-refractivity contribution in [3.05, 3.63) is 0 Å². The van der Waals surface area contributed by atoms with Crippen molar-refractivity contribution < 1.29 is 4.79 Å². The van der Waals surface area contributed by atoms with Gasteiger partial charge in [0.1, 0.15) is 0 Å². The smallest absolute Gasteiger partial charge is 0.222 e. The van der Waals surface area contributed by atoms with E-state index in [9.17, 15) is 4.79 Å². The summed E-state index contributed by atoms with van der Waals surface area (Å²) in [4.78, 5) is 13.5. The minimum atomic E-state index is 0.335. The molecule has 1 aliphatic rings. The van der Waals surface area contributed by atoms with Gasteiger partial charge in [-0.05, 0) is 12.8 Å². The van der Waals surface area contributed by atoms with Crippen LogP contribution in [0.3, 0.4) is 0 Å². The molecule has 1 amide bonds. The van der Waals surface area contributed by atoms with Crippen molar-refractivity contribution >= 4 is 5.91 Å². The van der Waals surface area contributed by atoms with Gasteiger partial charge in [-0.25, -0.2) is 0 Å². The van der Waals surface area contributed by atoms with Crippen LogP contribution in [0, 0.1) is 0 Å². The number of carbonyl (C=O) groups is 1. The lowest BCUT2D eigenvalue weighted by atomic mass is 10.1. The lowest BCUT2D eigenvalue weighted by Gasteiger charge is -2.21. The fraction of sp³-hybridized carbons (Fsp3) is 0.909. The molecule has 0 radical (unpaired) electrons. The van der Waals surface area contributed by atoms with Gasteiger partial charge in [-0.3, -0.25) is 4.79 Å². The van der Waals surface area contributed by atoms with E-state index in [2.05, 4.69) is 0 Å². The van der Waals surface area contributed by atoms with Crippen LogP contribution in [0.15, 0.2) is 0 Å². The molecule has 1 saturated heterocycles. The summed E-state index contributed by atoms with van der Waals surface area (Å²) in [6.45, 7) is 3.94. The summed E-state index contributed by atoms with van der Waals surface area (Å²) in [7, 11) is 0. The van der Waals surface area contributed by atoms with Crippen LogP contribution in [0.25, 0.3) is 0 Å². The van der Waals surface area contributed by atoms with Crippen molar-refractivity contribution in [3.63, 3.8) is 0 Å². The molecule has 2 nitrogen and oxygen atoms in total. The summed E-state index contributed by atoms with van der Waals surface area (Å²) < 4.78 is 0. The summed E-state index contributed by atoms with van der Waals surface area (Å²) >= 11 is 0. The van der Waals surface area contributed by atoms with E-state index in [4.69, 9.17) is 0 Å². The molecule has 1 heterocycles. The molecule has 1 fully saturated rings. The Hall–Kier alpha value is -0.530. The van der Waals surface area contributed by atoms with E-state index >= 15 is 0 Å². The summed E-state index contributed by atoms with van der Waals surface area (Å²) in [6, 6.07) is 0. The molecule has 0 aromatic rings. The Morgan fingerprint density at radius 2 is 1.46 bits per heavy atom. The van der Waals surface area contributed by atoms with Crippen molar-refractivity contribution in [1.29, 1.82) is 0 Å². The molecule has 0 aromatic carbocycles. The average molecular weight is 183 g/mol. The molecule has 0 aromatic heterocycles. The first kappa shape index (κ1) is 10.6. The molecule has 0 N–H and O–H groups in total. The van der Waals surface area contributed by atoms with Gasteiger partial charge in [0.15, 0.2) is 0 Å². The van der Waals surface area contributed by atoms with E-state index < -0.39 is 0 Å². The van der Waals surface area contributed by atoms with Gasteiger partial charge < -0.3 is 4.90 Å². The SMILES string of the molecule is CCC(=O)N1CCCCCCCC1. The predicted octanol–water partition coefficient (Wildman–Crippen LogP) is 2.58. The Kier molecular flexibility index (Phi) is 4.87. The van der Waals surface area contributed by atoms with Crippen molar-refractivity contribution in [1.82, 2.24) is 4.90 Å². The Labute approximate surface area is 81.3 Å². The van der Waals surface area contributed by atoms with Crippen LogP contribution in [0.5, 0.6) is 0 Å². The predicted molar refractivity (Wildman–Crippen MR) is 54.6 cm³/mol. The molecular weight excluding hydrogens is 162 g/mol. The number of amides is 1. The van der Waals surface area contributed by atoms with Crippen LogP contribution < -0.4 is 0 Å². The molecule has 1 rings (SSSR count). The van der Waals surface area contributed by atoms with Crippen LogP contribution >= 0.6 is 0 Å². The number of carbonyl (C=O) groups excluding carboxylic acids is 1. The first-order chi connectivity index (χ1) is 6.34. The van der Waals surface area contributed by atoms with Gasteiger partial charge in [0.05, 0.1) is 0 Å². The molecule has 0 bridgehead atoms. The van der Waals surface area contributed by atoms with Crippen molar-refractivity contribution in [2.45, 2.75) is 51.9 Å². The summed E-state index contributed by atoms with van der Waals surface area (Å²) in [5.74, 6) is 0.335. The maximum absolute atomic E-state index is 11.5. The van der Waals surface area contributed by atoms with Gasteiger partial charge >= 0.3 is 0 Å². The summed E-state index contributed by atoms with van der Waals surface area (Å²) in [6.07, 6.45) is 8.38. The van der Waals surface area contributed by atoms with Crippen LogP contribution in [-0.4, -0.2) is 23.9 Å². The van der Waals surface area contributed by atoms with Gasteiger partial charge in [-0.1, -0.05) is 32.6 Å². The first-order valence-corrected chi connectivity index (χ1v) is 5.62. The van der Waals surface area contributed by atoms with E-state index in [1.165, 1.54) is 38.5 Å². The first-order valence-electron chi connectivity index (χ1n) is 5.62. The second-order valence-corrected chi connectivity index (χ2v) is 3.86. The molecule has 13 heavy (non-hydrogen) atoms. The molecule has 2 heteroatoms. The van der Waals surface area contributed by atoms with E-state index in [1.807, 2.05) is 11.8 Å². The van der Waals surface area contributed by atoms with Crippen LogP contribution in [-0.2, 0) is 4.79 Å². The molecule has 1 aliphatic heterocycles. The lowest BCUT2D eigenvalue weighted by molar-refractivity contribution is -0.131. The third kappa shape index (κ3) is 3.79. The number of hydrogen-bond donors (Lipinski definition) is 0. The van der Waals surface area contributed by atoms with Crippen LogP contribution in [0.1, 0.15) is 51.9 Å². The van der Waals surface area contributed by atoms with Gasteiger partial charge in [0.2, 0.25) is 5.91 Å². The normalized spacial score (nSPS) is 20.2. The third-order valence-corrected chi connectivity index (χ3v) is 2.76.